The van der Waals surface area contributed by atoms with Gasteiger partial charge in [-0.15, -0.1) is 10.2 Å². The number of nitrogens with two attached hydrogens (primary N) is 1. The molecule has 8 heteroatoms. The number of benzene rings is 1. The highest BCUT2D eigenvalue weighted by atomic mass is 35.5. The lowest BCUT2D eigenvalue weighted by Gasteiger charge is -2.15. The third kappa shape index (κ3) is 2.74. The van der Waals surface area contributed by atoms with Gasteiger partial charge in [0.2, 0.25) is 5.95 Å². The standard InChI is InChI=1S/C13H13Cl2N5O/c14-9-3-1-2-8(10(9)15)11-12(16)17-13(19-18-11)20-5-4-7(21)6-20/h1-3,7,21H,4-6H2,(H2,16,17,19). The van der Waals surface area contributed by atoms with Crippen LogP contribution in [0.2, 0.25) is 10.0 Å². The molecule has 0 spiro atoms. The number of rotatable bonds is 2. The van der Waals surface area contributed by atoms with E-state index in [0.29, 0.717) is 46.8 Å². The van der Waals surface area contributed by atoms with Crippen LogP contribution in [0.25, 0.3) is 11.3 Å². The Labute approximate surface area is 131 Å². The van der Waals surface area contributed by atoms with Crippen LogP contribution < -0.4 is 10.6 Å². The van der Waals surface area contributed by atoms with Crippen LogP contribution in [-0.2, 0) is 0 Å². The van der Waals surface area contributed by atoms with Crippen LogP contribution >= 0.6 is 23.2 Å². The van der Waals surface area contributed by atoms with E-state index in [-0.39, 0.29) is 11.9 Å². The van der Waals surface area contributed by atoms with E-state index in [4.69, 9.17) is 28.9 Å². The molecule has 1 aromatic heterocycles. The first-order valence-electron chi connectivity index (χ1n) is 6.44. The molecule has 0 saturated carbocycles. The van der Waals surface area contributed by atoms with E-state index in [0.717, 1.165) is 0 Å². The van der Waals surface area contributed by atoms with Gasteiger partial charge in [0.05, 0.1) is 16.1 Å². The lowest BCUT2D eigenvalue weighted by molar-refractivity contribution is 0.198. The Morgan fingerprint density at radius 2 is 2.10 bits per heavy atom. The number of aliphatic hydroxyl groups is 1. The number of nitrogen functional groups attached to an aromatic ring is 1. The minimum atomic E-state index is -0.364. The summed E-state index contributed by atoms with van der Waals surface area (Å²) in [5.41, 5.74) is 6.96. The van der Waals surface area contributed by atoms with E-state index in [1.165, 1.54) is 0 Å². The van der Waals surface area contributed by atoms with Crippen molar-refractivity contribution in [1.29, 1.82) is 0 Å². The van der Waals surface area contributed by atoms with Crippen LogP contribution in [0.5, 0.6) is 0 Å². The largest absolute Gasteiger partial charge is 0.391 e. The van der Waals surface area contributed by atoms with Crippen molar-refractivity contribution in [3.8, 4) is 11.3 Å². The number of hydrogen-bond donors (Lipinski definition) is 2. The Balaban J connectivity index is 1.96. The van der Waals surface area contributed by atoms with Gasteiger partial charge in [-0.1, -0.05) is 35.3 Å². The fourth-order valence-corrected chi connectivity index (χ4v) is 2.65. The van der Waals surface area contributed by atoms with Crippen molar-refractivity contribution in [3.05, 3.63) is 28.2 Å². The van der Waals surface area contributed by atoms with Crippen LogP contribution in [0.15, 0.2) is 18.2 Å². The maximum atomic E-state index is 9.55. The average molecular weight is 326 g/mol. The van der Waals surface area contributed by atoms with Crippen molar-refractivity contribution in [2.75, 3.05) is 23.7 Å². The molecule has 3 N–H and O–H groups in total. The molecule has 0 radical (unpaired) electrons. The highest BCUT2D eigenvalue weighted by Crippen LogP contribution is 2.34. The maximum Gasteiger partial charge on any atom is 0.247 e. The summed E-state index contributed by atoms with van der Waals surface area (Å²) in [7, 11) is 0. The minimum Gasteiger partial charge on any atom is -0.391 e. The van der Waals surface area contributed by atoms with E-state index < -0.39 is 0 Å². The fourth-order valence-electron chi connectivity index (χ4n) is 2.26. The molecule has 0 amide bonds. The molecule has 1 unspecified atom stereocenters. The van der Waals surface area contributed by atoms with E-state index in [2.05, 4.69) is 15.2 Å². The third-order valence-electron chi connectivity index (χ3n) is 3.36. The first-order chi connectivity index (χ1) is 10.1. The van der Waals surface area contributed by atoms with Gasteiger partial charge in [0.1, 0.15) is 5.69 Å². The zero-order valence-corrected chi connectivity index (χ0v) is 12.5. The molecule has 0 bridgehead atoms. The van der Waals surface area contributed by atoms with Gasteiger partial charge in [-0.05, 0) is 12.5 Å². The molecule has 1 aliphatic rings. The number of β-amino-alcohol motifs (C(OH)–C–C–N with tert-alkyl or cyclic N) is 1. The summed E-state index contributed by atoms with van der Waals surface area (Å²) in [6.45, 7) is 1.16. The Kier molecular flexibility index (Phi) is 3.84. The lowest BCUT2D eigenvalue weighted by Crippen LogP contribution is -2.24. The van der Waals surface area contributed by atoms with E-state index in [1.807, 2.05) is 4.90 Å². The van der Waals surface area contributed by atoms with Gasteiger partial charge >= 0.3 is 0 Å². The van der Waals surface area contributed by atoms with Crippen molar-refractivity contribution in [2.45, 2.75) is 12.5 Å². The van der Waals surface area contributed by atoms with Crippen molar-refractivity contribution < 1.29 is 5.11 Å². The van der Waals surface area contributed by atoms with Crippen molar-refractivity contribution in [2.24, 2.45) is 0 Å². The van der Waals surface area contributed by atoms with Gasteiger partial charge in [-0.25, -0.2) is 0 Å². The molecule has 1 atom stereocenters. The predicted octanol–water partition coefficient (Wildman–Crippen LogP) is 2.00. The van der Waals surface area contributed by atoms with Crippen molar-refractivity contribution in [3.63, 3.8) is 0 Å². The third-order valence-corrected chi connectivity index (χ3v) is 4.17. The number of nitrogens with zero attached hydrogens (tertiary/aromatic N) is 4. The molecule has 110 valence electrons. The molecule has 1 aromatic carbocycles. The molecule has 3 rings (SSSR count). The van der Waals surface area contributed by atoms with Gasteiger partial charge in [0.25, 0.3) is 0 Å². The second kappa shape index (κ2) is 5.63. The number of aliphatic hydroxyl groups excluding tert-OH is 1. The summed E-state index contributed by atoms with van der Waals surface area (Å²) >= 11 is 12.1. The molecule has 21 heavy (non-hydrogen) atoms. The summed E-state index contributed by atoms with van der Waals surface area (Å²) < 4.78 is 0. The number of aromatic nitrogens is 3. The van der Waals surface area contributed by atoms with Gasteiger partial charge < -0.3 is 15.7 Å². The molecule has 1 saturated heterocycles. The molecule has 2 heterocycles. The normalized spacial score (nSPS) is 18.2. The number of hydrogen-bond acceptors (Lipinski definition) is 6. The van der Waals surface area contributed by atoms with E-state index >= 15 is 0 Å². The Hall–Kier alpha value is -1.63. The molecule has 0 aliphatic carbocycles. The van der Waals surface area contributed by atoms with Gasteiger partial charge in [-0.2, -0.15) is 4.98 Å². The van der Waals surface area contributed by atoms with Gasteiger partial charge in [0, 0.05) is 18.7 Å². The van der Waals surface area contributed by atoms with E-state index in [1.54, 1.807) is 18.2 Å². The molecule has 1 aliphatic heterocycles. The Bertz CT molecular complexity index is 682. The highest BCUT2D eigenvalue weighted by Gasteiger charge is 2.24. The van der Waals surface area contributed by atoms with Crippen LogP contribution in [0, 0.1) is 0 Å². The molecular formula is C13H13Cl2N5O. The van der Waals surface area contributed by atoms with Crippen LogP contribution in [0.3, 0.4) is 0 Å². The SMILES string of the molecule is Nc1nc(N2CCC(O)C2)nnc1-c1cccc(Cl)c1Cl. The van der Waals surface area contributed by atoms with Crippen molar-refractivity contribution >= 4 is 35.0 Å². The second-order valence-electron chi connectivity index (χ2n) is 4.84. The summed E-state index contributed by atoms with van der Waals surface area (Å²) in [5, 5.41) is 18.5. The number of halogens is 2. The van der Waals surface area contributed by atoms with Gasteiger partial charge in [0.15, 0.2) is 5.82 Å². The Morgan fingerprint density at radius 3 is 2.76 bits per heavy atom. The number of anilines is 2. The minimum absolute atomic E-state index is 0.227. The first kappa shape index (κ1) is 14.3. The molecule has 6 nitrogen and oxygen atoms in total. The molecule has 1 fully saturated rings. The smallest absolute Gasteiger partial charge is 0.247 e. The van der Waals surface area contributed by atoms with Crippen LogP contribution in [0.4, 0.5) is 11.8 Å². The highest BCUT2D eigenvalue weighted by molar-refractivity contribution is 6.43. The first-order valence-corrected chi connectivity index (χ1v) is 7.19. The second-order valence-corrected chi connectivity index (χ2v) is 5.62. The van der Waals surface area contributed by atoms with Gasteiger partial charge in [-0.3, -0.25) is 0 Å². The summed E-state index contributed by atoms with van der Waals surface area (Å²) in [6, 6.07) is 5.20. The monoisotopic (exact) mass is 325 g/mol. The van der Waals surface area contributed by atoms with Crippen molar-refractivity contribution in [1.82, 2.24) is 15.2 Å². The molecular weight excluding hydrogens is 313 g/mol. The maximum absolute atomic E-state index is 9.55. The lowest BCUT2D eigenvalue weighted by atomic mass is 10.1. The average Bonchev–Trinajstić information content (AvgIpc) is 2.89. The summed E-state index contributed by atoms with van der Waals surface area (Å²) in [6.07, 6.45) is 0.322. The van der Waals surface area contributed by atoms with E-state index in [9.17, 15) is 5.11 Å². The predicted molar refractivity (Wildman–Crippen MR) is 82.5 cm³/mol. The quantitative estimate of drug-likeness (QED) is 0.877. The van der Waals surface area contributed by atoms with Crippen LogP contribution in [0.1, 0.15) is 6.42 Å². The molecule has 2 aromatic rings. The Morgan fingerprint density at radius 1 is 1.29 bits per heavy atom. The zero-order valence-electron chi connectivity index (χ0n) is 11.0. The summed E-state index contributed by atoms with van der Waals surface area (Å²) in [4.78, 5) is 6.10. The fraction of sp³-hybridized carbons (Fsp3) is 0.308. The summed E-state index contributed by atoms with van der Waals surface area (Å²) in [5.74, 6) is 0.636. The zero-order chi connectivity index (χ0) is 15.0. The topological polar surface area (TPSA) is 88.2 Å². The van der Waals surface area contributed by atoms with Crippen LogP contribution in [-0.4, -0.2) is 39.5 Å².